The Morgan fingerprint density at radius 3 is 1.32 bits per heavy atom. The summed E-state index contributed by atoms with van der Waals surface area (Å²) in [6.45, 7) is 0. The van der Waals surface area contributed by atoms with Crippen molar-refractivity contribution in [2.75, 3.05) is 0 Å². The quantitative estimate of drug-likeness (QED) is 0.358. The summed E-state index contributed by atoms with van der Waals surface area (Å²) in [5.41, 5.74) is 1.000. The molecular formula is C28H20F2N6O2. The number of aromatic amines is 2. The fourth-order valence-corrected chi connectivity index (χ4v) is 3.74. The summed E-state index contributed by atoms with van der Waals surface area (Å²) in [7, 11) is 0. The number of pyridine rings is 2. The number of hydrogen-bond donors (Lipinski definition) is 2. The molecule has 10 heteroatoms. The Balaban J connectivity index is 0.000000155. The first-order chi connectivity index (χ1) is 18.5. The van der Waals surface area contributed by atoms with E-state index in [1.807, 2.05) is 0 Å². The topological polar surface area (TPSA) is 101 Å². The maximum Gasteiger partial charge on any atom is 0.273 e. The number of benzene rings is 2. The molecule has 0 aliphatic rings. The van der Waals surface area contributed by atoms with Crippen molar-refractivity contribution in [2.24, 2.45) is 0 Å². The van der Waals surface area contributed by atoms with Crippen LogP contribution in [-0.4, -0.2) is 29.5 Å². The van der Waals surface area contributed by atoms with Gasteiger partial charge < -0.3 is 0 Å². The standard InChI is InChI=1S/2C14H10FN3O/c2*15-11-6-2-1-5-10(11)12-9-14(19)18(17-12)13-7-3-4-8-16-13/h2*1-9,17H. The van der Waals surface area contributed by atoms with Gasteiger partial charge in [0.2, 0.25) is 0 Å². The molecule has 2 N–H and O–H groups in total. The summed E-state index contributed by atoms with van der Waals surface area (Å²) < 4.78 is 29.9. The molecule has 6 rings (SSSR count). The average molecular weight is 511 g/mol. The minimum atomic E-state index is -0.378. The lowest BCUT2D eigenvalue weighted by molar-refractivity contribution is 0.630. The van der Waals surface area contributed by atoms with Gasteiger partial charge in [-0.1, -0.05) is 36.4 Å². The highest BCUT2D eigenvalue weighted by Crippen LogP contribution is 2.20. The summed E-state index contributed by atoms with van der Waals surface area (Å²) in [6, 6.07) is 25.8. The van der Waals surface area contributed by atoms with Gasteiger partial charge in [-0.05, 0) is 48.5 Å². The third kappa shape index (κ3) is 5.09. The van der Waals surface area contributed by atoms with Gasteiger partial charge in [-0.2, -0.15) is 0 Å². The van der Waals surface area contributed by atoms with E-state index in [1.165, 1.54) is 33.6 Å². The Kier molecular flexibility index (Phi) is 6.85. The number of nitrogens with zero attached hydrogens (tertiary/aromatic N) is 4. The Morgan fingerprint density at radius 2 is 0.947 bits per heavy atom. The zero-order chi connectivity index (χ0) is 26.5. The molecule has 4 aromatic heterocycles. The SMILES string of the molecule is O=c1cc(-c2ccccc2F)[nH]n1-c1ccccn1.O=c1cc(-c2ccccc2F)[nH]n1-c1ccccn1. The van der Waals surface area contributed by atoms with Crippen LogP contribution in [0.5, 0.6) is 0 Å². The number of H-pyrrole nitrogens is 2. The van der Waals surface area contributed by atoms with Crippen LogP contribution >= 0.6 is 0 Å². The van der Waals surface area contributed by atoms with Gasteiger partial charge in [0.25, 0.3) is 11.1 Å². The first kappa shape index (κ1) is 24.3. The third-order valence-corrected chi connectivity index (χ3v) is 5.53. The van der Waals surface area contributed by atoms with Crippen LogP contribution in [0.15, 0.2) is 119 Å². The fourth-order valence-electron chi connectivity index (χ4n) is 3.74. The highest BCUT2D eigenvalue weighted by Gasteiger charge is 2.11. The van der Waals surface area contributed by atoms with Gasteiger partial charge in [0.1, 0.15) is 11.6 Å². The van der Waals surface area contributed by atoms with Crippen LogP contribution in [0.4, 0.5) is 8.78 Å². The molecule has 0 fully saturated rings. The summed E-state index contributed by atoms with van der Waals surface area (Å²) in [5, 5.41) is 5.71. The van der Waals surface area contributed by atoms with Gasteiger partial charge in [0.15, 0.2) is 11.6 Å². The molecule has 0 radical (unpaired) electrons. The molecule has 0 aliphatic carbocycles. The Hall–Kier alpha value is -5.38. The van der Waals surface area contributed by atoms with Crippen molar-refractivity contribution >= 4 is 0 Å². The van der Waals surface area contributed by atoms with Crippen molar-refractivity contribution in [1.82, 2.24) is 29.5 Å². The molecule has 0 amide bonds. The molecule has 8 nitrogen and oxygen atoms in total. The van der Waals surface area contributed by atoms with E-state index in [2.05, 4.69) is 20.2 Å². The van der Waals surface area contributed by atoms with E-state index < -0.39 is 0 Å². The summed E-state index contributed by atoms with van der Waals surface area (Å²) in [5.74, 6) is 0.180. The lowest BCUT2D eigenvalue weighted by Gasteiger charge is -2.01. The summed E-state index contributed by atoms with van der Waals surface area (Å²) in [6.07, 6.45) is 3.18. The van der Waals surface area contributed by atoms with Gasteiger partial charge >= 0.3 is 0 Å². The summed E-state index contributed by atoms with van der Waals surface area (Å²) in [4.78, 5) is 31.9. The van der Waals surface area contributed by atoms with Crippen molar-refractivity contribution in [3.63, 3.8) is 0 Å². The molecule has 0 bridgehead atoms. The highest BCUT2D eigenvalue weighted by molar-refractivity contribution is 5.60. The van der Waals surface area contributed by atoms with Gasteiger partial charge in [-0.25, -0.2) is 28.1 Å². The monoisotopic (exact) mass is 510 g/mol. The molecule has 4 heterocycles. The van der Waals surface area contributed by atoms with E-state index in [4.69, 9.17) is 0 Å². The van der Waals surface area contributed by atoms with Gasteiger partial charge in [0.05, 0.1) is 11.4 Å². The van der Waals surface area contributed by atoms with E-state index in [1.54, 1.807) is 85.2 Å². The Morgan fingerprint density at radius 1 is 0.553 bits per heavy atom. The van der Waals surface area contributed by atoms with Crippen molar-refractivity contribution in [1.29, 1.82) is 0 Å². The minimum Gasteiger partial charge on any atom is -0.289 e. The highest BCUT2D eigenvalue weighted by atomic mass is 19.1. The number of halogens is 2. The van der Waals surface area contributed by atoms with E-state index in [0.717, 1.165) is 0 Å². The molecule has 188 valence electrons. The van der Waals surface area contributed by atoms with Crippen LogP contribution in [0.3, 0.4) is 0 Å². The Labute approximate surface area is 214 Å². The van der Waals surface area contributed by atoms with Crippen LogP contribution in [0, 0.1) is 11.6 Å². The Bertz CT molecular complexity index is 1660. The normalized spacial score (nSPS) is 10.6. The van der Waals surface area contributed by atoms with Gasteiger partial charge in [-0.3, -0.25) is 19.8 Å². The first-order valence-corrected chi connectivity index (χ1v) is 11.5. The zero-order valence-corrected chi connectivity index (χ0v) is 19.8. The fraction of sp³-hybridized carbons (Fsp3) is 0. The smallest absolute Gasteiger partial charge is 0.273 e. The largest absolute Gasteiger partial charge is 0.289 e. The molecule has 0 unspecified atom stereocenters. The van der Waals surface area contributed by atoms with Crippen LogP contribution < -0.4 is 11.1 Å². The van der Waals surface area contributed by atoms with Gasteiger partial charge in [-0.15, -0.1) is 0 Å². The summed E-state index contributed by atoms with van der Waals surface area (Å²) >= 11 is 0. The van der Waals surface area contributed by atoms with E-state index in [9.17, 15) is 18.4 Å². The van der Waals surface area contributed by atoms with Crippen molar-refractivity contribution < 1.29 is 8.78 Å². The molecule has 2 aromatic carbocycles. The lowest BCUT2D eigenvalue weighted by Crippen LogP contribution is -2.14. The number of nitrogens with one attached hydrogen (secondary N) is 2. The van der Waals surface area contributed by atoms with Crippen molar-refractivity contribution in [3.8, 4) is 34.2 Å². The molecule has 0 spiro atoms. The van der Waals surface area contributed by atoms with E-state index >= 15 is 0 Å². The van der Waals surface area contributed by atoms with Crippen molar-refractivity contribution in [3.05, 3.63) is 142 Å². The maximum atomic E-state index is 13.7. The van der Waals surface area contributed by atoms with Crippen LogP contribution in [0.25, 0.3) is 34.2 Å². The average Bonchev–Trinajstić information content (AvgIpc) is 3.53. The van der Waals surface area contributed by atoms with Gasteiger partial charge in [0, 0.05) is 35.7 Å². The molecule has 0 atom stereocenters. The predicted molar refractivity (Wildman–Crippen MR) is 139 cm³/mol. The van der Waals surface area contributed by atoms with E-state index in [0.29, 0.717) is 34.2 Å². The molecule has 0 saturated carbocycles. The van der Waals surface area contributed by atoms with Crippen LogP contribution in [-0.2, 0) is 0 Å². The molecule has 0 aliphatic heterocycles. The second-order valence-electron chi connectivity index (χ2n) is 8.02. The third-order valence-electron chi connectivity index (χ3n) is 5.53. The van der Waals surface area contributed by atoms with E-state index in [-0.39, 0.29) is 22.8 Å². The number of rotatable bonds is 4. The maximum absolute atomic E-state index is 13.7. The zero-order valence-electron chi connectivity index (χ0n) is 19.8. The van der Waals surface area contributed by atoms with Crippen LogP contribution in [0.2, 0.25) is 0 Å². The van der Waals surface area contributed by atoms with Crippen LogP contribution in [0.1, 0.15) is 0 Å². The number of aromatic nitrogens is 6. The molecule has 6 aromatic rings. The second kappa shape index (κ2) is 10.7. The number of hydrogen-bond acceptors (Lipinski definition) is 4. The molecule has 38 heavy (non-hydrogen) atoms. The first-order valence-electron chi connectivity index (χ1n) is 11.5. The molecular weight excluding hydrogens is 490 g/mol. The lowest BCUT2D eigenvalue weighted by atomic mass is 10.1. The molecule has 0 saturated heterocycles. The second-order valence-corrected chi connectivity index (χ2v) is 8.02. The predicted octanol–water partition coefficient (Wildman–Crippen LogP) is 4.73. The minimum absolute atomic E-state index is 0.281. The van der Waals surface area contributed by atoms with Crippen molar-refractivity contribution in [2.45, 2.75) is 0 Å².